The van der Waals surface area contributed by atoms with Crippen LogP contribution in [0.3, 0.4) is 0 Å². The van der Waals surface area contributed by atoms with Crippen LogP contribution in [-0.4, -0.2) is 53.9 Å². The van der Waals surface area contributed by atoms with Gasteiger partial charge in [-0.05, 0) is 31.7 Å². The zero-order valence-corrected chi connectivity index (χ0v) is 11.6. The maximum Gasteiger partial charge on any atom is 0.0195 e. The second-order valence-electron chi connectivity index (χ2n) is 5.35. The van der Waals surface area contributed by atoms with Crippen molar-refractivity contribution in [1.29, 1.82) is 0 Å². The Morgan fingerprint density at radius 3 is 2.53 bits per heavy atom. The van der Waals surface area contributed by atoms with E-state index in [0.717, 1.165) is 6.04 Å². The van der Waals surface area contributed by atoms with Gasteiger partial charge in [-0.2, -0.15) is 0 Å². The Balaban J connectivity index is 1.81. The van der Waals surface area contributed by atoms with Crippen LogP contribution in [0.1, 0.15) is 26.7 Å². The van der Waals surface area contributed by atoms with Crippen molar-refractivity contribution in [3.63, 3.8) is 0 Å². The summed E-state index contributed by atoms with van der Waals surface area (Å²) in [5.41, 5.74) is 0.647. The molecule has 3 heteroatoms. The average Bonchev–Trinajstić information content (AvgIpc) is 2.99. The van der Waals surface area contributed by atoms with Crippen molar-refractivity contribution < 1.29 is 0 Å². The minimum absolute atomic E-state index is 0.647. The highest BCUT2D eigenvalue weighted by Gasteiger charge is 2.43. The second kappa shape index (κ2) is 4.72. The average molecular weight is 275 g/mol. The van der Waals surface area contributed by atoms with Gasteiger partial charge in [0, 0.05) is 37.6 Å². The number of halogens is 1. The summed E-state index contributed by atoms with van der Waals surface area (Å²) in [6.45, 7) is 11.0. The molecule has 88 valence electrons. The lowest BCUT2D eigenvalue weighted by atomic mass is 10.1. The molecule has 0 N–H and O–H groups in total. The molecule has 15 heavy (non-hydrogen) atoms. The molecule has 1 saturated heterocycles. The summed E-state index contributed by atoms with van der Waals surface area (Å²) in [5.74, 6) is 0. The van der Waals surface area contributed by atoms with Crippen molar-refractivity contribution in [3.05, 3.63) is 0 Å². The molecule has 0 radical (unpaired) electrons. The fraction of sp³-hybridized carbons (Fsp3) is 1.00. The van der Waals surface area contributed by atoms with E-state index in [1.165, 1.54) is 50.9 Å². The SMILES string of the molecule is CCN1CCN(CC2(CBr)CC2)CC1C. The smallest absolute Gasteiger partial charge is 0.0195 e. The Bertz CT molecular complexity index is 216. The largest absolute Gasteiger partial charge is 0.300 e. The predicted molar refractivity (Wildman–Crippen MR) is 68.6 cm³/mol. The summed E-state index contributed by atoms with van der Waals surface area (Å²) in [5, 5.41) is 1.20. The Hall–Kier alpha value is 0.400. The van der Waals surface area contributed by atoms with Gasteiger partial charge in [-0.25, -0.2) is 0 Å². The Morgan fingerprint density at radius 2 is 2.07 bits per heavy atom. The van der Waals surface area contributed by atoms with Crippen LogP contribution in [-0.2, 0) is 0 Å². The second-order valence-corrected chi connectivity index (χ2v) is 5.91. The molecule has 1 unspecified atom stereocenters. The lowest BCUT2D eigenvalue weighted by Gasteiger charge is -2.40. The Labute approximate surface area is 102 Å². The summed E-state index contributed by atoms with van der Waals surface area (Å²) in [6, 6.07) is 0.745. The van der Waals surface area contributed by atoms with Gasteiger partial charge < -0.3 is 0 Å². The molecule has 1 aliphatic carbocycles. The van der Waals surface area contributed by atoms with Crippen LogP contribution in [0, 0.1) is 5.41 Å². The van der Waals surface area contributed by atoms with E-state index in [0.29, 0.717) is 5.41 Å². The number of piperazine rings is 1. The highest BCUT2D eigenvalue weighted by molar-refractivity contribution is 9.09. The maximum absolute atomic E-state index is 3.66. The number of rotatable bonds is 4. The summed E-state index contributed by atoms with van der Waals surface area (Å²) >= 11 is 3.66. The first-order chi connectivity index (χ1) is 7.19. The van der Waals surface area contributed by atoms with Crippen LogP contribution >= 0.6 is 15.9 Å². The molecule has 2 fully saturated rings. The summed E-state index contributed by atoms with van der Waals surface area (Å²) in [7, 11) is 0. The molecule has 0 aromatic rings. The van der Waals surface area contributed by atoms with E-state index in [1.807, 2.05) is 0 Å². The third kappa shape index (κ3) is 2.75. The molecule has 2 aliphatic rings. The van der Waals surface area contributed by atoms with Crippen molar-refractivity contribution in [1.82, 2.24) is 9.80 Å². The first-order valence-corrected chi connectivity index (χ1v) is 7.33. The molecule has 0 amide bonds. The number of likely N-dealkylation sites (N-methyl/N-ethyl adjacent to an activating group) is 1. The zero-order valence-electron chi connectivity index (χ0n) is 10.0. The number of hydrogen-bond acceptors (Lipinski definition) is 2. The molecule has 2 rings (SSSR count). The van der Waals surface area contributed by atoms with Crippen molar-refractivity contribution >= 4 is 15.9 Å². The van der Waals surface area contributed by atoms with Gasteiger partial charge in [0.15, 0.2) is 0 Å². The lowest BCUT2D eigenvalue weighted by molar-refractivity contribution is 0.0767. The van der Waals surface area contributed by atoms with Crippen LogP contribution in [0.15, 0.2) is 0 Å². The minimum Gasteiger partial charge on any atom is -0.300 e. The summed E-state index contributed by atoms with van der Waals surface area (Å²) in [6.07, 6.45) is 2.86. The van der Waals surface area contributed by atoms with Crippen molar-refractivity contribution in [2.75, 3.05) is 38.1 Å². The van der Waals surface area contributed by atoms with Gasteiger partial charge in [-0.3, -0.25) is 9.80 Å². The van der Waals surface area contributed by atoms with Crippen LogP contribution < -0.4 is 0 Å². The normalized spacial score (nSPS) is 31.8. The third-order valence-corrected chi connectivity index (χ3v) is 5.24. The number of nitrogens with zero attached hydrogens (tertiary/aromatic N) is 2. The molecule has 1 heterocycles. The Kier molecular flexibility index (Phi) is 3.74. The van der Waals surface area contributed by atoms with E-state index in [1.54, 1.807) is 0 Å². The molecule has 1 aliphatic heterocycles. The van der Waals surface area contributed by atoms with E-state index < -0.39 is 0 Å². The fourth-order valence-electron chi connectivity index (χ4n) is 2.67. The molecular formula is C12H23BrN2. The van der Waals surface area contributed by atoms with E-state index in [-0.39, 0.29) is 0 Å². The molecule has 0 bridgehead atoms. The quantitative estimate of drug-likeness (QED) is 0.726. The van der Waals surface area contributed by atoms with Crippen molar-refractivity contribution in [3.8, 4) is 0 Å². The first kappa shape index (κ1) is 11.9. The molecule has 0 aromatic carbocycles. The monoisotopic (exact) mass is 274 g/mol. The zero-order chi connectivity index (χ0) is 10.9. The van der Waals surface area contributed by atoms with Crippen LogP contribution in [0.25, 0.3) is 0 Å². The lowest BCUT2D eigenvalue weighted by Crippen LogP contribution is -2.52. The minimum atomic E-state index is 0.647. The van der Waals surface area contributed by atoms with Gasteiger partial charge in [0.1, 0.15) is 0 Å². The molecule has 0 aromatic heterocycles. The fourth-order valence-corrected chi connectivity index (χ4v) is 3.41. The molecule has 1 saturated carbocycles. The molecule has 2 nitrogen and oxygen atoms in total. The first-order valence-electron chi connectivity index (χ1n) is 6.21. The van der Waals surface area contributed by atoms with E-state index in [2.05, 4.69) is 39.6 Å². The van der Waals surface area contributed by atoms with Crippen LogP contribution in [0.4, 0.5) is 0 Å². The summed E-state index contributed by atoms with van der Waals surface area (Å²) in [4.78, 5) is 5.26. The van der Waals surface area contributed by atoms with Gasteiger partial charge in [-0.15, -0.1) is 0 Å². The highest BCUT2D eigenvalue weighted by atomic mass is 79.9. The summed E-state index contributed by atoms with van der Waals surface area (Å²) < 4.78 is 0. The Morgan fingerprint density at radius 1 is 1.33 bits per heavy atom. The van der Waals surface area contributed by atoms with Crippen molar-refractivity contribution in [2.24, 2.45) is 5.41 Å². The highest BCUT2D eigenvalue weighted by Crippen LogP contribution is 2.47. The predicted octanol–water partition coefficient (Wildman–Crippen LogP) is 2.19. The molecule has 1 atom stereocenters. The van der Waals surface area contributed by atoms with E-state index in [4.69, 9.17) is 0 Å². The van der Waals surface area contributed by atoms with Gasteiger partial charge in [0.25, 0.3) is 0 Å². The van der Waals surface area contributed by atoms with Gasteiger partial charge in [0.05, 0.1) is 0 Å². The van der Waals surface area contributed by atoms with Gasteiger partial charge in [-0.1, -0.05) is 22.9 Å². The van der Waals surface area contributed by atoms with Crippen molar-refractivity contribution in [2.45, 2.75) is 32.7 Å². The maximum atomic E-state index is 3.66. The van der Waals surface area contributed by atoms with Crippen LogP contribution in [0.2, 0.25) is 0 Å². The molecular weight excluding hydrogens is 252 g/mol. The number of hydrogen-bond donors (Lipinski definition) is 0. The van der Waals surface area contributed by atoms with Gasteiger partial charge >= 0.3 is 0 Å². The van der Waals surface area contributed by atoms with E-state index in [9.17, 15) is 0 Å². The molecule has 0 spiro atoms. The standard InChI is InChI=1S/C12H23BrN2/c1-3-15-7-6-14(8-11(15)2)10-12(9-13)4-5-12/h11H,3-10H2,1-2H3. The third-order valence-electron chi connectivity index (χ3n) is 4.05. The van der Waals surface area contributed by atoms with Crippen LogP contribution in [0.5, 0.6) is 0 Å². The number of alkyl halides is 1. The van der Waals surface area contributed by atoms with E-state index >= 15 is 0 Å². The topological polar surface area (TPSA) is 6.48 Å². The van der Waals surface area contributed by atoms with Gasteiger partial charge in [0.2, 0.25) is 0 Å².